The van der Waals surface area contributed by atoms with Crippen molar-refractivity contribution in [2.45, 2.75) is 13.3 Å². The summed E-state index contributed by atoms with van der Waals surface area (Å²) in [6.45, 7) is 4.46. The Morgan fingerprint density at radius 3 is 3.16 bits per heavy atom. The average molecular weight is 356 g/mol. The Labute approximate surface area is 150 Å². The van der Waals surface area contributed by atoms with E-state index >= 15 is 0 Å². The Kier molecular flexibility index (Phi) is 4.55. The summed E-state index contributed by atoms with van der Waals surface area (Å²) in [5.74, 6) is 0.337. The van der Waals surface area contributed by atoms with Gasteiger partial charge in [0.1, 0.15) is 10.5 Å². The van der Waals surface area contributed by atoms with Gasteiger partial charge in [0.2, 0.25) is 0 Å². The Morgan fingerprint density at radius 1 is 1.40 bits per heavy atom. The smallest absolute Gasteiger partial charge is 0.265 e. The molecule has 1 amide bonds. The first-order chi connectivity index (χ1) is 12.2. The summed E-state index contributed by atoms with van der Waals surface area (Å²) in [6, 6.07) is 8.25. The van der Waals surface area contributed by atoms with E-state index in [1.54, 1.807) is 11.8 Å². The van der Waals surface area contributed by atoms with Crippen molar-refractivity contribution < 1.29 is 13.9 Å². The topological polar surface area (TPSA) is 55.6 Å². The van der Waals surface area contributed by atoms with Crippen LogP contribution in [0.4, 0.5) is 0 Å². The van der Waals surface area contributed by atoms with Crippen LogP contribution in [0.3, 0.4) is 0 Å². The molecule has 3 heterocycles. The zero-order valence-electron chi connectivity index (χ0n) is 14.1. The standard InChI is InChI=1S/C19H20N2O3S/c1-13-18(25-12-20-13)19(22)21-5-7-23-11-15(10-21)8-14-2-3-16-4-6-24-17(16)9-14/h2-4,6,9,12,15H,5,7-8,10-11H2,1H3/t15-/m0/s1. The van der Waals surface area contributed by atoms with Gasteiger partial charge in [0.05, 0.1) is 30.7 Å². The van der Waals surface area contributed by atoms with E-state index in [1.165, 1.54) is 16.9 Å². The molecule has 0 saturated carbocycles. The monoisotopic (exact) mass is 356 g/mol. The van der Waals surface area contributed by atoms with Crippen LogP contribution in [0.5, 0.6) is 0 Å². The molecule has 0 N–H and O–H groups in total. The lowest BCUT2D eigenvalue weighted by molar-refractivity contribution is 0.0741. The minimum Gasteiger partial charge on any atom is -0.464 e. The number of aromatic nitrogens is 1. The van der Waals surface area contributed by atoms with E-state index in [2.05, 4.69) is 23.2 Å². The molecule has 130 valence electrons. The number of rotatable bonds is 3. The van der Waals surface area contributed by atoms with Gasteiger partial charge >= 0.3 is 0 Å². The summed E-state index contributed by atoms with van der Waals surface area (Å²) >= 11 is 1.41. The predicted molar refractivity (Wildman–Crippen MR) is 97.0 cm³/mol. The lowest BCUT2D eigenvalue weighted by Crippen LogP contribution is -2.36. The first kappa shape index (κ1) is 16.3. The molecular weight excluding hydrogens is 336 g/mol. The molecule has 0 unspecified atom stereocenters. The molecule has 1 atom stereocenters. The highest BCUT2D eigenvalue weighted by atomic mass is 32.1. The van der Waals surface area contributed by atoms with E-state index in [4.69, 9.17) is 9.15 Å². The quantitative estimate of drug-likeness (QED) is 0.720. The summed E-state index contributed by atoms with van der Waals surface area (Å²) in [5.41, 5.74) is 4.65. The molecule has 1 saturated heterocycles. The van der Waals surface area contributed by atoms with Crippen molar-refractivity contribution in [1.82, 2.24) is 9.88 Å². The van der Waals surface area contributed by atoms with Crippen LogP contribution in [0, 0.1) is 12.8 Å². The third-order valence-electron chi connectivity index (χ3n) is 4.61. The second kappa shape index (κ2) is 6.98. The number of ether oxygens (including phenoxy) is 1. The van der Waals surface area contributed by atoms with E-state index in [1.807, 2.05) is 17.9 Å². The van der Waals surface area contributed by atoms with Crippen molar-refractivity contribution in [3.05, 3.63) is 52.2 Å². The number of carbonyl (C=O) groups is 1. The minimum atomic E-state index is 0.0667. The molecule has 1 aliphatic heterocycles. The zero-order valence-corrected chi connectivity index (χ0v) is 14.9. The van der Waals surface area contributed by atoms with Gasteiger partial charge in [0, 0.05) is 24.4 Å². The highest BCUT2D eigenvalue weighted by Gasteiger charge is 2.25. The maximum Gasteiger partial charge on any atom is 0.265 e. The van der Waals surface area contributed by atoms with Crippen molar-refractivity contribution in [1.29, 1.82) is 0 Å². The number of furan rings is 1. The minimum absolute atomic E-state index is 0.0667. The maximum absolute atomic E-state index is 12.8. The highest BCUT2D eigenvalue weighted by Crippen LogP contribution is 2.22. The van der Waals surface area contributed by atoms with E-state index < -0.39 is 0 Å². The summed E-state index contributed by atoms with van der Waals surface area (Å²) in [5, 5.41) is 1.11. The molecule has 1 aromatic carbocycles. The Morgan fingerprint density at radius 2 is 2.32 bits per heavy atom. The van der Waals surface area contributed by atoms with Crippen LogP contribution in [-0.2, 0) is 11.2 Å². The van der Waals surface area contributed by atoms with Crippen LogP contribution < -0.4 is 0 Å². The van der Waals surface area contributed by atoms with Crippen molar-refractivity contribution in [2.75, 3.05) is 26.3 Å². The number of hydrogen-bond donors (Lipinski definition) is 0. The van der Waals surface area contributed by atoms with Gasteiger partial charge in [-0.2, -0.15) is 0 Å². The van der Waals surface area contributed by atoms with Crippen molar-refractivity contribution in [2.24, 2.45) is 5.92 Å². The molecule has 0 spiro atoms. The molecule has 0 aliphatic carbocycles. The second-order valence-corrected chi connectivity index (χ2v) is 7.31. The summed E-state index contributed by atoms with van der Waals surface area (Å²) in [6.07, 6.45) is 2.57. The molecule has 2 aromatic heterocycles. The second-order valence-electron chi connectivity index (χ2n) is 6.46. The van der Waals surface area contributed by atoms with Crippen molar-refractivity contribution >= 4 is 28.2 Å². The number of carbonyl (C=O) groups excluding carboxylic acids is 1. The molecule has 1 fully saturated rings. The average Bonchev–Trinajstić information content (AvgIpc) is 3.18. The molecule has 25 heavy (non-hydrogen) atoms. The molecule has 3 aromatic rings. The van der Waals surface area contributed by atoms with Crippen LogP contribution in [0.15, 0.2) is 40.5 Å². The first-order valence-electron chi connectivity index (χ1n) is 8.44. The van der Waals surface area contributed by atoms with Gasteiger partial charge in [-0.3, -0.25) is 4.79 Å². The zero-order chi connectivity index (χ0) is 17.2. The van der Waals surface area contributed by atoms with E-state index in [9.17, 15) is 4.79 Å². The third kappa shape index (κ3) is 3.45. The van der Waals surface area contributed by atoms with Crippen LogP contribution in [0.1, 0.15) is 20.9 Å². The lowest BCUT2D eigenvalue weighted by Gasteiger charge is -2.23. The van der Waals surface area contributed by atoms with Gasteiger partial charge in [-0.05, 0) is 31.0 Å². The number of benzene rings is 1. The van der Waals surface area contributed by atoms with Gasteiger partial charge in [-0.25, -0.2) is 4.98 Å². The third-order valence-corrected chi connectivity index (χ3v) is 5.53. The van der Waals surface area contributed by atoms with Gasteiger partial charge < -0.3 is 14.1 Å². The molecule has 4 rings (SSSR count). The molecule has 5 nitrogen and oxygen atoms in total. The molecular formula is C19H20N2O3S. The fourth-order valence-corrected chi connectivity index (χ4v) is 4.07. The van der Waals surface area contributed by atoms with Crippen molar-refractivity contribution in [3.63, 3.8) is 0 Å². The van der Waals surface area contributed by atoms with E-state index in [0.29, 0.717) is 26.3 Å². The summed E-state index contributed by atoms with van der Waals surface area (Å²) in [7, 11) is 0. The molecule has 1 aliphatic rings. The maximum atomic E-state index is 12.8. The Hall–Kier alpha value is -2.18. The van der Waals surface area contributed by atoms with Gasteiger partial charge in [0.25, 0.3) is 5.91 Å². The van der Waals surface area contributed by atoms with E-state index in [0.717, 1.165) is 28.0 Å². The SMILES string of the molecule is Cc1ncsc1C(=O)N1CCOC[C@@H](Cc2ccc3ccoc3c2)C1. The number of fused-ring (bicyclic) bond motifs is 1. The number of hydrogen-bond acceptors (Lipinski definition) is 5. The van der Waals surface area contributed by atoms with Gasteiger partial charge in [-0.15, -0.1) is 11.3 Å². The molecule has 6 heteroatoms. The van der Waals surface area contributed by atoms with Crippen LogP contribution in [-0.4, -0.2) is 42.1 Å². The van der Waals surface area contributed by atoms with Crippen LogP contribution in [0.25, 0.3) is 11.0 Å². The van der Waals surface area contributed by atoms with E-state index in [-0.39, 0.29) is 11.8 Å². The molecule has 0 radical (unpaired) electrons. The largest absolute Gasteiger partial charge is 0.464 e. The number of amides is 1. The number of aryl methyl sites for hydroxylation is 1. The van der Waals surface area contributed by atoms with Gasteiger partial charge in [-0.1, -0.05) is 12.1 Å². The predicted octanol–water partition coefficient (Wildman–Crippen LogP) is 3.53. The fourth-order valence-electron chi connectivity index (χ4n) is 3.30. The lowest BCUT2D eigenvalue weighted by atomic mass is 9.99. The Balaban J connectivity index is 1.49. The van der Waals surface area contributed by atoms with Gasteiger partial charge in [0.15, 0.2) is 0 Å². The first-order valence-corrected chi connectivity index (χ1v) is 9.32. The fraction of sp³-hybridized carbons (Fsp3) is 0.368. The normalized spacial score (nSPS) is 18.4. The van der Waals surface area contributed by atoms with Crippen LogP contribution >= 0.6 is 11.3 Å². The summed E-state index contributed by atoms with van der Waals surface area (Å²) in [4.78, 5) is 19.6. The van der Waals surface area contributed by atoms with Crippen molar-refractivity contribution in [3.8, 4) is 0 Å². The number of thiazole rings is 1. The number of nitrogens with zero attached hydrogens (tertiary/aromatic N) is 2. The van der Waals surface area contributed by atoms with Crippen LogP contribution in [0.2, 0.25) is 0 Å². The summed E-state index contributed by atoms with van der Waals surface area (Å²) < 4.78 is 11.2. The Bertz CT molecular complexity index is 886. The molecule has 0 bridgehead atoms. The highest BCUT2D eigenvalue weighted by molar-refractivity contribution is 7.11.